The van der Waals surface area contributed by atoms with Gasteiger partial charge in [-0.05, 0) is 19.1 Å². The van der Waals surface area contributed by atoms with Gasteiger partial charge in [0, 0.05) is 10.9 Å². The molecule has 112 valence electrons. The number of hydrogen-bond acceptors (Lipinski definition) is 6. The van der Waals surface area contributed by atoms with E-state index in [0.29, 0.717) is 10.0 Å². The second-order valence-electron chi connectivity index (χ2n) is 4.46. The highest BCUT2D eigenvalue weighted by molar-refractivity contribution is 7.14. The summed E-state index contributed by atoms with van der Waals surface area (Å²) in [6.45, 7) is 1.81. The number of benzene rings is 1. The van der Waals surface area contributed by atoms with E-state index in [1.807, 2.05) is 36.6 Å². The number of para-hydroxylation sites is 1. The van der Waals surface area contributed by atoms with Crippen LogP contribution < -0.4 is 10.1 Å². The van der Waals surface area contributed by atoms with Crippen LogP contribution in [0.4, 0.5) is 5.13 Å². The van der Waals surface area contributed by atoms with Gasteiger partial charge in [-0.3, -0.25) is 10.1 Å². The van der Waals surface area contributed by atoms with Crippen LogP contribution in [0.3, 0.4) is 0 Å². The molecule has 7 heteroatoms. The Balaban J connectivity index is 1.82. The Kier molecular flexibility index (Phi) is 4.17. The van der Waals surface area contributed by atoms with E-state index < -0.39 is 0 Å². The van der Waals surface area contributed by atoms with Gasteiger partial charge in [-0.15, -0.1) is 22.7 Å². The van der Waals surface area contributed by atoms with Gasteiger partial charge in [0.05, 0.1) is 24.0 Å². The van der Waals surface area contributed by atoms with Crippen molar-refractivity contribution < 1.29 is 9.53 Å². The summed E-state index contributed by atoms with van der Waals surface area (Å²) < 4.78 is 5.34. The van der Waals surface area contributed by atoms with Gasteiger partial charge < -0.3 is 4.74 Å². The Morgan fingerprint density at radius 1 is 1.27 bits per heavy atom. The summed E-state index contributed by atoms with van der Waals surface area (Å²) in [6.07, 6.45) is 0. The van der Waals surface area contributed by atoms with Crippen LogP contribution in [0.25, 0.3) is 11.3 Å². The van der Waals surface area contributed by atoms with Crippen molar-refractivity contribution in [2.45, 2.75) is 6.92 Å². The van der Waals surface area contributed by atoms with Crippen LogP contribution in [0.2, 0.25) is 0 Å². The number of hydrogen-bond donors (Lipinski definition) is 1. The summed E-state index contributed by atoms with van der Waals surface area (Å²) in [6, 6.07) is 7.65. The third kappa shape index (κ3) is 2.86. The summed E-state index contributed by atoms with van der Waals surface area (Å²) in [5.41, 5.74) is 4.06. The molecule has 5 nitrogen and oxygen atoms in total. The van der Waals surface area contributed by atoms with Crippen LogP contribution in [-0.2, 0) is 0 Å². The molecule has 22 heavy (non-hydrogen) atoms. The van der Waals surface area contributed by atoms with E-state index in [9.17, 15) is 4.79 Å². The van der Waals surface area contributed by atoms with Gasteiger partial charge in [-0.1, -0.05) is 12.1 Å². The summed E-state index contributed by atoms with van der Waals surface area (Å²) in [7, 11) is 1.63. The number of carbonyl (C=O) groups is 1. The predicted molar refractivity (Wildman–Crippen MR) is 88.9 cm³/mol. The fraction of sp³-hybridized carbons (Fsp3) is 0.133. The number of rotatable bonds is 4. The van der Waals surface area contributed by atoms with Crippen molar-refractivity contribution in [2.75, 3.05) is 12.4 Å². The van der Waals surface area contributed by atoms with Gasteiger partial charge in [0.1, 0.15) is 10.6 Å². The normalized spacial score (nSPS) is 10.5. The lowest BCUT2D eigenvalue weighted by atomic mass is 10.1. The molecule has 3 rings (SSSR count). The predicted octanol–water partition coefficient (Wildman–Crippen LogP) is 3.84. The number of anilines is 1. The molecule has 0 unspecified atom stereocenters. The van der Waals surface area contributed by atoms with Crippen molar-refractivity contribution in [1.29, 1.82) is 0 Å². The zero-order valence-electron chi connectivity index (χ0n) is 12.0. The number of ether oxygens (including phenoxy) is 1. The van der Waals surface area contributed by atoms with Crippen molar-refractivity contribution >= 4 is 33.7 Å². The van der Waals surface area contributed by atoms with Crippen LogP contribution in [0.1, 0.15) is 15.4 Å². The number of carbonyl (C=O) groups excluding carboxylic acids is 1. The Morgan fingerprint density at radius 2 is 2.09 bits per heavy atom. The van der Waals surface area contributed by atoms with Crippen LogP contribution in [0.15, 0.2) is 35.2 Å². The zero-order valence-corrected chi connectivity index (χ0v) is 13.6. The Bertz CT molecular complexity index is 810. The van der Waals surface area contributed by atoms with Crippen LogP contribution in [0, 0.1) is 6.92 Å². The molecule has 3 aromatic rings. The average molecular weight is 331 g/mol. The molecule has 0 spiro atoms. The maximum absolute atomic E-state index is 12.2. The van der Waals surface area contributed by atoms with Crippen molar-refractivity contribution in [3.8, 4) is 17.0 Å². The highest BCUT2D eigenvalue weighted by Gasteiger charge is 2.15. The Hall–Kier alpha value is -2.25. The fourth-order valence-corrected chi connectivity index (χ4v) is 3.39. The molecule has 0 saturated carbocycles. The number of nitrogens with one attached hydrogen (secondary N) is 1. The fourth-order valence-electron chi connectivity index (χ4n) is 1.98. The molecule has 0 fully saturated rings. The molecule has 2 aromatic heterocycles. The Morgan fingerprint density at radius 3 is 2.82 bits per heavy atom. The highest BCUT2D eigenvalue weighted by Crippen LogP contribution is 2.32. The van der Waals surface area contributed by atoms with Crippen molar-refractivity contribution in [3.63, 3.8) is 0 Å². The van der Waals surface area contributed by atoms with Crippen LogP contribution in [0.5, 0.6) is 5.75 Å². The summed E-state index contributed by atoms with van der Waals surface area (Å²) in [5.74, 6) is 0.574. The smallest absolute Gasteiger partial charge is 0.269 e. The standard InChI is InChI=1S/C15H13N3O2S2/c1-9-13(22-8-16-9)14(19)18-15-17-11(7-21-15)10-5-3-4-6-12(10)20-2/h3-8H,1-2H3,(H,17,18,19). The van der Waals surface area contributed by atoms with Gasteiger partial charge in [0.25, 0.3) is 5.91 Å². The minimum atomic E-state index is -0.180. The van der Waals surface area contributed by atoms with E-state index >= 15 is 0 Å². The molecule has 0 bridgehead atoms. The minimum absolute atomic E-state index is 0.180. The monoisotopic (exact) mass is 331 g/mol. The average Bonchev–Trinajstić information content (AvgIpc) is 3.16. The highest BCUT2D eigenvalue weighted by atomic mass is 32.1. The van der Waals surface area contributed by atoms with Crippen molar-refractivity contribution in [1.82, 2.24) is 9.97 Å². The van der Waals surface area contributed by atoms with Crippen molar-refractivity contribution in [3.05, 3.63) is 45.7 Å². The summed E-state index contributed by atoms with van der Waals surface area (Å²) >= 11 is 2.70. The van der Waals surface area contributed by atoms with Crippen molar-refractivity contribution in [2.24, 2.45) is 0 Å². The molecule has 0 aliphatic rings. The minimum Gasteiger partial charge on any atom is -0.496 e. The lowest BCUT2D eigenvalue weighted by Gasteiger charge is -2.05. The summed E-state index contributed by atoms with van der Waals surface area (Å²) in [5, 5.41) is 5.26. The maximum Gasteiger partial charge on any atom is 0.269 e. The van der Waals surface area contributed by atoms with E-state index in [1.54, 1.807) is 12.6 Å². The first-order chi connectivity index (χ1) is 10.7. The van der Waals surface area contributed by atoms with E-state index in [-0.39, 0.29) is 5.91 Å². The van der Waals surface area contributed by atoms with Gasteiger partial charge in [0.15, 0.2) is 5.13 Å². The molecular weight excluding hydrogens is 318 g/mol. The first kappa shape index (κ1) is 14.7. The number of aryl methyl sites for hydroxylation is 1. The van der Waals surface area contributed by atoms with E-state index in [2.05, 4.69) is 15.3 Å². The summed E-state index contributed by atoms with van der Waals surface area (Å²) in [4.78, 5) is 21.3. The topological polar surface area (TPSA) is 64.1 Å². The first-order valence-corrected chi connectivity index (χ1v) is 8.25. The van der Waals surface area contributed by atoms with Gasteiger partial charge in [-0.25, -0.2) is 9.97 Å². The van der Waals surface area contributed by atoms with Crippen LogP contribution in [-0.4, -0.2) is 23.0 Å². The second-order valence-corrected chi connectivity index (χ2v) is 6.17. The molecule has 2 heterocycles. The number of amides is 1. The number of methoxy groups -OCH3 is 1. The van der Waals surface area contributed by atoms with E-state index in [4.69, 9.17) is 4.74 Å². The van der Waals surface area contributed by atoms with Gasteiger partial charge >= 0.3 is 0 Å². The quantitative estimate of drug-likeness (QED) is 0.789. The Labute approximate surface area is 135 Å². The molecule has 0 radical (unpaired) electrons. The number of nitrogens with zero attached hydrogens (tertiary/aromatic N) is 2. The van der Waals surface area contributed by atoms with E-state index in [0.717, 1.165) is 22.7 Å². The molecule has 1 amide bonds. The molecule has 0 aliphatic heterocycles. The van der Waals surface area contributed by atoms with Gasteiger partial charge in [0.2, 0.25) is 0 Å². The SMILES string of the molecule is COc1ccccc1-c1csc(NC(=O)c2scnc2C)n1. The molecule has 0 atom stereocenters. The number of thiazole rings is 2. The zero-order chi connectivity index (χ0) is 15.5. The largest absolute Gasteiger partial charge is 0.496 e. The third-order valence-corrected chi connectivity index (χ3v) is 4.74. The van der Waals surface area contributed by atoms with Crippen LogP contribution >= 0.6 is 22.7 Å². The lowest BCUT2D eigenvalue weighted by molar-refractivity contribution is 0.103. The first-order valence-electron chi connectivity index (χ1n) is 6.49. The lowest BCUT2D eigenvalue weighted by Crippen LogP contribution is -2.11. The molecule has 1 aromatic carbocycles. The number of aromatic nitrogens is 2. The molecule has 1 N–H and O–H groups in total. The molecule has 0 aliphatic carbocycles. The maximum atomic E-state index is 12.2. The third-order valence-electron chi connectivity index (χ3n) is 3.06. The van der Waals surface area contributed by atoms with Gasteiger partial charge in [-0.2, -0.15) is 0 Å². The second kappa shape index (κ2) is 6.25. The molecule has 0 saturated heterocycles. The molecular formula is C15H13N3O2S2. The van der Waals surface area contributed by atoms with E-state index in [1.165, 1.54) is 22.7 Å².